The Morgan fingerprint density at radius 3 is 2.65 bits per heavy atom. The highest BCUT2D eigenvalue weighted by Gasteiger charge is 2.23. The molecular weight excluding hydrogens is 386 g/mol. The van der Waals surface area contributed by atoms with Crippen LogP contribution in [0.1, 0.15) is 35.2 Å². The zero-order valence-electron chi connectivity index (χ0n) is 18.5. The fourth-order valence-corrected chi connectivity index (χ4v) is 3.99. The minimum absolute atomic E-state index is 0.145. The van der Waals surface area contributed by atoms with Crippen molar-refractivity contribution < 1.29 is 9.53 Å². The van der Waals surface area contributed by atoms with Crippen molar-refractivity contribution >= 4 is 12.0 Å². The van der Waals surface area contributed by atoms with E-state index in [1.165, 1.54) is 11.1 Å². The van der Waals surface area contributed by atoms with E-state index in [1.54, 1.807) is 13.4 Å². The van der Waals surface area contributed by atoms with Crippen molar-refractivity contribution in [3.63, 3.8) is 0 Å². The Morgan fingerprint density at radius 1 is 1.13 bits per heavy atom. The Hall–Kier alpha value is -3.34. The lowest BCUT2D eigenvalue weighted by atomic mass is 10.00. The van der Waals surface area contributed by atoms with Crippen LogP contribution >= 0.6 is 0 Å². The van der Waals surface area contributed by atoms with Crippen LogP contribution in [0.4, 0.5) is 0 Å². The number of carbonyl (C=O) groups is 1. The van der Waals surface area contributed by atoms with Crippen molar-refractivity contribution in [3.8, 4) is 11.4 Å². The number of carbonyl (C=O) groups excluding carboxylic acids is 1. The molecule has 0 bridgehead atoms. The van der Waals surface area contributed by atoms with Crippen LogP contribution in [0.3, 0.4) is 0 Å². The number of likely N-dealkylation sites (tertiary alicyclic amines) is 1. The van der Waals surface area contributed by atoms with Crippen molar-refractivity contribution in [2.45, 2.75) is 33.1 Å². The number of hydrogen-bond acceptors (Lipinski definition) is 3. The second-order valence-corrected chi connectivity index (χ2v) is 8.15. The predicted molar refractivity (Wildman–Crippen MR) is 124 cm³/mol. The molecule has 0 spiro atoms. The molecule has 1 amide bonds. The maximum Gasteiger partial charge on any atom is 0.249 e. The van der Waals surface area contributed by atoms with Gasteiger partial charge in [0, 0.05) is 24.9 Å². The maximum atomic E-state index is 13.1. The number of aryl methyl sites for hydroxylation is 2. The molecule has 1 aromatic heterocycles. The molecule has 4 rings (SSSR count). The molecule has 0 atom stereocenters. The number of hydrogen-bond donors (Lipinski definition) is 0. The first-order valence-corrected chi connectivity index (χ1v) is 10.8. The van der Waals surface area contributed by atoms with E-state index in [0.29, 0.717) is 0 Å². The Morgan fingerprint density at radius 2 is 1.94 bits per heavy atom. The summed E-state index contributed by atoms with van der Waals surface area (Å²) in [7, 11) is 1.66. The monoisotopic (exact) mass is 415 g/mol. The van der Waals surface area contributed by atoms with E-state index < -0.39 is 0 Å². The highest BCUT2D eigenvalue weighted by atomic mass is 16.5. The SMILES string of the molecule is COc1cc(/C=C2\CCCN(CCc3ccc(C)cc3)C2=O)ccc1-n1cnc(C)c1. The number of piperidine rings is 1. The summed E-state index contributed by atoms with van der Waals surface area (Å²) in [6.07, 6.45) is 8.44. The highest BCUT2D eigenvalue weighted by Crippen LogP contribution is 2.27. The highest BCUT2D eigenvalue weighted by molar-refractivity contribution is 5.98. The van der Waals surface area contributed by atoms with E-state index in [1.807, 2.05) is 46.9 Å². The van der Waals surface area contributed by atoms with Gasteiger partial charge in [-0.3, -0.25) is 4.79 Å². The summed E-state index contributed by atoms with van der Waals surface area (Å²) in [6.45, 7) is 5.62. The van der Waals surface area contributed by atoms with Gasteiger partial charge in [0.1, 0.15) is 5.75 Å². The van der Waals surface area contributed by atoms with E-state index in [9.17, 15) is 4.79 Å². The van der Waals surface area contributed by atoms with Crippen LogP contribution in [0.2, 0.25) is 0 Å². The van der Waals surface area contributed by atoms with Gasteiger partial charge in [-0.05, 0) is 62.4 Å². The van der Waals surface area contributed by atoms with Crippen molar-refractivity contribution in [2.75, 3.05) is 20.2 Å². The zero-order valence-corrected chi connectivity index (χ0v) is 18.5. The average molecular weight is 416 g/mol. The average Bonchev–Trinajstić information content (AvgIpc) is 3.21. The molecule has 1 aliphatic rings. The fourth-order valence-electron chi connectivity index (χ4n) is 3.99. The number of benzene rings is 2. The molecule has 5 nitrogen and oxygen atoms in total. The molecule has 3 aromatic rings. The van der Waals surface area contributed by atoms with Crippen molar-refractivity contribution in [2.24, 2.45) is 0 Å². The second-order valence-electron chi connectivity index (χ2n) is 8.15. The third-order valence-corrected chi connectivity index (χ3v) is 5.76. The normalized spacial score (nSPS) is 15.5. The first-order chi connectivity index (χ1) is 15.0. The molecule has 0 unspecified atom stereocenters. The first-order valence-electron chi connectivity index (χ1n) is 10.8. The molecule has 2 aromatic carbocycles. The van der Waals surface area contributed by atoms with E-state index >= 15 is 0 Å². The standard InChI is InChI=1S/C26H29N3O2/c1-19-6-8-21(9-7-19)12-14-28-13-4-5-23(26(28)30)15-22-10-11-24(25(16-22)31-3)29-17-20(2)27-18-29/h6-11,15-18H,4-5,12-14H2,1-3H3/b23-15+. The van der Waals surface area contributed by atoms with E-state index in [4.69, 9.17) is 4.74 Å². The lowest BCUT2D eigenvalue weighted by molar-refractivity contribution is -0.128. The summed E-state index contributed by atoms with van der Waals surface area (Å²) in [5, 5.41) is 0. The number of nitrogens with zero attached hydrogens (tertiary/aromatic N) is 3. The quantitative estimate of drug-likeness (QED) is 0.546. The second kappa shape index (κ2) is 9.21. The van der Waals surface area contributed by atoms with Crippen LogP contribution in [-0.4, -0.2) is 40.6 Å². The molecule has 2 heterocycles. The van der Waals surface area contributed by atoms with Crippen LogP contribution in [0.15, 0.2) is 60.6 Å². The van der Waals surface area contributed by atoms with Gasteiger partial charge in [0.15, 0.2) is 0 Å². The van der Waals surface area contributed by atoms with Gasteiger partial charge in [0.2, 0.25) is 5.91 Å². The molecule has 1 saturated heterocycles. The lowest BCUT2D eigenvalue weighted by Gasteiger charge is -2.28. The predicted octanol–water partition coefficient (Wildman–Crippen LogP) is 4.75. The van der Waals surface area contributed by atoms with Gasteiger partial charge < -0.3 is 14.2 Å². The van der Waals surface area contributed by atoms with E-state index in [2.05, 4.69) is 36.2 Å². The molecule has 0 aliphatic carbocycles. The summed E-state index contributed by atoms with van der Waals surface area (Å²) >= 11 is 0. The molecule has 0 radical (unpaired) electrons. The molecule has 5 heteroatoms. The van der Waals surface area contributed by atoms with Crippen molar-refractivity contribution in [3.05, 3.63) is 82.9 Å². The van der Waals surface area contributed by atoms with Crippen LogP contribution in [0.25, 0.3) is 11.8 Å². The largest absolute Gasteiger partial charge is 0.495 e. The third-order valence-electron chi connectivity index (χ3n) is 5.76. The molecule has 1 fully saturated rings. The number of amides is 1. The van der Waals surface area contributed by atoms with Gasteiger partial charge in [0.05, 0.1) is 24.8 Å². The molecule has 31 heavy (non-hydrogen) atoms. The van der Waals surface area contributed by atoms with Crippen molar-refractivity contribution in [1.29, 1.82) is 0 Å². The third kappa shape index (κ3) is 4.88. The molecule has 0 saturated carbocycles. The molecule has 160 valence electrons. The molecule has 0 N–H and O–H groups in total. The van der Waals surface area contributed by atoms with E-state index in [-0.39, 0.29) is 5.91 Å². The topological polar surface area (TPSA) is 47.4 Å². The minimum atomic E-state index is 0.145. The summed E-state index contributed by atoms with van der Waals surface area (Å²) in [4.78, 5) is 19.3. The Balaban J connectivity index is 1.49. The summed E-state index contributed by atoms with van der Waals surface area (Å²) in [6, 6.07) is 14.6. The van der Waals surface area contributed by atoms with Crippen molar-refractivity contribution in [1.82, 2.24) is 14.5 Å². The smallest absolute Gasteiger partial charge is 0.249 e. The number of aromatic nitrogens is 2. The zero-order chi connectivity index (χ0) is 21.8. The number of imidazole rings is 1. The summed E-state index contributed by atoms with van der Waals surface area (Å²) < 4.78 is 7.56. The molecular formula is C26H29N3O2. The summed E-state index contributed by atoms with van der Waals surface area (Å²) in [5.41, 5.74) is 6.24. The Bertz CT molecular complexity index is 1100. The van der Waals surface area contributed by atoms with Crippen LogP contribution in [0, 0.1) is 13.8 Å². The maximum absolute atomic E-state index is 13.1. The minimum Gasteiger partial charge on any atom is -0.495 e. The van der Waals surface area contributed by atoms with Gasteiger partial charge in [0.25, 0.3) is 0 Å². The van der Waals surface area contributed by atoms with Gasteiger partial charge in [-0.25, -0.2) is 4.98 Å². The lowest BCUT2D eigenvalue weighted by Crippen LogP contribution is -2.38. The number of methoxy groups -OCH3 is 1. The van der Waals surface area contributed by atoms with Gasteiger partial charge in [-0.15, -0.1) is 0 Å². The molecule has 1 aliphatic heterocycles. The number of rotatable bonds is 6. The fraction of sp³-hybridized carbons (Fsp3) is 0.308. The Kier molecular flexibility index (Phi) is 6.21. The summed E-state index contributed by atoms with van der Waals surface area (Å²) in [5.74, 6) is 0.901. The van der Waals surface area contributed by atoms with Gasteiger partial charge in [-0.1, -0.05) is 35.9 Å². The number of ether oxygens (including phenoxy) is 1. The Labute approximate surface area is 184 Å². The first kappa shape index (κ1) is 20.9. The van der Waals surface area contributed by atoms with E-state index in [0.717, 1.165) is 60.6 Å². The van der Waals surface area contributed by atoms with Crippen LogP contribution in [-0.2, 0) is 11.2 Å². The van der Waals surface area contributed by atoms with Gasteiger partial charge in [-0.2, -0.15) is 0 Å². The van der Waals surface area contributed by atoms with Crippen LogP contribution < -0.4 is 4.74 Å². The van der Waals surface area contributed by atoms with Crippen LogP contribution in [0.5, 0.6) is 5.75 Å². The van der Waals surface area contributed by atoms with Gasteiger partial charge >= 0.3 is 0 Å².